The molecule has 0 spiro atoms. The quantitative estimate of drug-likeness (QED) is 0.836. The number of nitrogens with one attached hydrogen (secondary N) is 2. The second-order valence-corrected chi connectivity index (χ2v) is 4.48. The molecule has 5 heteroatoms. The molecule has 0 radical (unpaired) electrons. The van der Waals surface area contributed by atoms with Crippen LogP contribution in [-0.2, 0) is 11.2 Å². The molecule has 4 nitrogen and oxygen atoms in total. The minimum absolute atomic E-state index is 0.0285. The van der Waals surface area contributed by atoms with Gasteiger partial charge in [0.15, 0.2) is 0 Å². The van der Waals surface area contributed by atoms with Crippen molar-refractivity contribution in [3.63, 3.8) is 0 Å². The number of aromatic amines is 1. The zero-order valence-corrected chi connectivity index (χ0v) is 9.59. The third kappa shape index (κ3) is 3.20. The van der Waals surface area contributed by atoms with Gasteiger partial charge in [0.05, 0.1) is 6.20 Å². The van der Waals surface area contributed by atoms with Crippen molar-refractivity contribution in [3.8, 4) is 0 Å². The van der Waals surface area contributed by atoms with Crippen molar-refractivity contribution in [3.05, 3.63) is 34.7 Å². The molecule has 0 atom stereocenters. The van der Waals surface area contributed by atoms with Gasteiger partial charge in [-0.3, -0.25) is 9.89 Å². The fraction of sp³-hybridized carbons (Fsp3) is 0.273. The summed E-state index contributed by atoms with van der Waals surface area (Å²) in [6.07, 6.45) is 3.99. The molecule has 0 aliphatic heterocycles. The molecule has 0 fully saturated rings. The predicted molar refractivity (Wildman–Crippen MR) is 64.5 cm³/mol. The minimum atomic E-state index is 0.0285. The van der Waals surface area contributed by atoms with E-state index in [9.17, 15) is 4.79 Å². The van der Waals surface area contributed by atoms with Crippen LogP contribution in [0.1, 0.15) is 17.7 Å². The summed E-state index contributed by atoms with van der Waals surface area (Å²) in [5.41, 5.74) is 0. The number of thiophene rings is 1. The van der Waals surface area contributed by atoms with Gasteiger partial charge in [0, 0.05) is 17.4 Å². The Hall–Kier alpha value is -1.62. The topological polar surface area (TPSA) is 57.8 Å². The van der Waals surface area contributed by atoms with Crippen LogP contribution in [0.3, 0.4) is 0 Å². The van der Waals surface area contributed by atoms with E-state index in [0.29, 0.717) is 12.2 Å². The third-order valence-corrected chi connectivity index (χ3v) is 3.12. The first-order chi connectivity index (χ1) is 7.84. The summed E-state index contributed by atoms with van der Waals surface area (Å²) < 4.78 is 0. The van der Waals surface area contributed by atoms with Crippen molar-refractivity contribution >= 4 is 23.1 Å². The molecular formula is C11H13N3OS. The summed E-state index contributed by atoms with van der Waals surface area (Å²) in [6.45, 7) is 0. The Labute approximate surface area is 97.7 Å². The number of rotatable bonds is 5. The number of carbonyl (C=O) groups is 1. The molecule has 84 valence electrons. The van der Waals surface area contributed by atoms with Crippen molar-refractivity contribution in [2.75, 3.05) is 5.32 Å². The lowest BCUT2D eigenvalue weighted by Crippen LogP contribution is -2.11. The predicted octanol–water partition coefficient (Wildman–Crippen LogP) is 2.43. The van der Waals surface area contributed by atoms with Gasteiger partial charge in [0.2, 0.25) is 5.91 Å². The second kappa shape index (κ2) is 5.46. The van der Waals surface area contributed by atoms with E-state index in [1.54, 1.807) is 23.6 Å². The Morgan fingerprint density at radius 1 is 1.50 bits per heavy atom. The molecule has 0 aliphatic carbocycles. The van der Waals surface area contributed by atoms with E-state index in [-0.39, 0.29) is 5.91 Å². The Morgan fingerprint density at radius 3 is 3.12 bits per heavy atom. The van der Waals surface area contributed by atoms with Crippen LogP contribution in [0.2, 0.25) is 0 Å². The summed E-state index contributed by atoms with van der Waals surface area (Å²) >= 11 is 1.73. The minimum Gasteiger partial charge on any atom is -0.311 e. The highest BCUT2D eigenvalue weighted by molar-refractivity contribution is 7.09. The van der Waals surface area contributed by atoms with Crippen LogP contribution in [0.4, 0.5) is 5.82 Å². The van der Waals surface area contributed by atoms with Crippen molar-refractivity contribution in [2.24, 2.45) is 0 Å². The van der Waals surface area contributed by atoms with Crippen molar-refractivity contribution in [1.82, 2.24) is 10.2 Å². The summed E-state index contributed by atoms with van der Waals surface area (Å²) in [5.74, 6) is 0.682. The largest absolute Gasteiger partial charge is 0.311 e. The van der Waals surface area contributed by atoms with E-state index in [0.717, 1.165) is 12.8 Å². The van der Waals surface area contributed by atoms with Gasteiger partial charge in [-0.2, -0.15) is 5.10 Å². The number of aryl methyl sites for hydroxylation is 1. The van der Waals surface area contributed by atoms with Crippen LogP contribution in [0, 0.1) is 0 Å². The average molecular weight is 235 g/mol. The van der Waals surface area contributed by atoms with Gasteiger partial charge >= 0.3 is 0 Å². The number of carbonyl (C=O) groups excluding carboxylic acids is 1. The SMILES string of the molecule is O=C(CCCc1cccs1)Nc1ccn[nH]1. The van der Waals surface area contributed by atoms with Gasteiger partial charge in [-0.05, 0) is 24.3 Å². The Morgan fingerprint density at radius 2 is 2.44 bits per heavy atom. The van der Waals surface area contributed by atoms with Gasteiger partial charge in [0.1, 0.15) is 5.82 Å². The highest BCUT2D eigenvalue weighted by atomic mass is 32.1. The van der Waals surface area contributed by atoms with E-state index >= 15 is 0 Å². The van der Waals surface area contributed by atoms with Gasteiger partial charge in [-0.1, -0.05) is 6.07 Å². The molecule has 1 amide bonds. The maximum absolute atomic E-state index is 11.5. The number of anilines is 1. The summed E-state index contributed by atoms with van der Waals surface area (Å²) in [4.78, 5) is 12.8. The Bertz CT molecular complexity index is 422. The van der Waals surface area contributed by atoms with Crippen LogP contribution in [-0.4, -0.2) is 16.1 Å². The first kappa shape index (κ1) is 10.9. The van der Waals surface area contributed by atoms with E-state index < -0.39 is 0 Å². The third-order valence-electron chi connectivity index (χ3n) is 2.18. The average Bonchev–Trinajstić information content (AvgIpc) is 2.90. The zero-order chi connectivity index (χ0) is 11.2. The first-order valence-corrected chi connectivity index (χ1v) is 6.04. The van der Waals surface area contributed by atoms with Crippen LogP contribution >= 0.6 is 11.3 Å². The smallest absolute Gasteiger partial charge is 0.225 e. The van der Waals surface area contributed by atoms with Crippen molar-refractivity contribution < 1.29 is 4.79 Å². The van der Waals surface area contributed by atoms with E-state index in [1.807, 2.05) is 6.07 Å². The standard InChI is InChI=1S/C11H13N3OS/c15-11(13-10-6-7-12-14-10)5-1-3-9-4-2-8-16-9/h2,4,6-8H,1,3,5H2,(H2,12,13,14,15). The maximum atomic E-state index is 11.5. The molecule has 0 unspecified atom stereocenters. The zero-order valence-electron chi connectivity index (χ0n) is 8.77. The van der Waals surface area contributed by atoms with Crippen LogP contribution in [0.25, 0.3) is 0 Å². The number of aromatic nitrogens is 2. The second-order valence-electron chi connectivity index (χ2n) is 3.45. The van der Waals surface area contributed by atoms with E-state index in [4.69, 9.17) is 0 Å². The van der Waals surface area contributed by atoms with Gasteiger partial charge < -0.3 is 5.32 Å². The van der Waals surface area contributed by atoms with Crippen LogP contribution in [0.15, 0.2) is 29.8 Å². The lowest BCUT2D eigenvalue weighted by atomic mass is 10.2. The molecule has 16 heavy (non-hydrogen) atoms. The summed E-state index contributed by atoms with van der Waals surface area (Å²) in [7, 11) is 0. The van der Waals surface area contributed by atoms with Crippen LogP contribution < -0.4 is 5.32 Å². The number of hydrogen-bond acceptors (Lipinski definition) is 3. The number of hydrogen-bond donors (Lipinski definition) is 2. The molecule has 2 aromatic rings. The first-order valence-electron chi connectivity index (χ1n) is 5.16. The van der Waals surface area contributed by atoms with E-state index in [1.165, 1.54) is 4.88 Å². The monoisotopic (exact) mass is 235 g/mol. The van der Waals surface area contributed by atoms with E-state index in [2.05, 4.69) is 27.0 Å². The molecule has 0 aliphatic rings. The lowest BCUT2D eigenvalue weighted by molar-refractivity contribution is -0.116. The Balaban J connectivity index is 1.68. The number of amides is 1. The molecule has 0 saturated carbocycles. The molecule has 2 N–H and O–H groups in total. The van der Waals surface area contributed by atoms with Gasteiger partial charge in [0.25, 0.3) is 0 Å². The molecule has 2 rings (SSSR count). The molecule has 2 aromatic heterocycles. The van der Waals surface area contributed by atoms with Crippen molar-refractivity contribution in [2.45, 2.75) is 19.3 Å². The van der Waals surface area contributed by atoms with Crippen molar-refractivity contribution in [1.29, 1.82) is 0 Å². The molecule has 0 aromatic carbocycles. The summed E-state index contributed by atoms with van der Waals surface area (Å²) in [5, 5.41) is 11.3. The van der Waals surface area contributed by atoms with Crippen LogP contribution in [0.5, 0.6) is 0 Å². The fourth-order valence-corrected chi connectivity index (χ4v) is 2.17. The molecule has 0 bridgehead atoms. The molecule has 2 heterocycles. The molecule has 0 saturated heterocycles. The fourth-order valence-electron chi connectivity index (χ4n) is 1.42. The highest BCUT2D eigenvalue weighted by Crippen LogP contribution is 2.12. The molecular weight excluding hydrogens is 222 g/mol. The Kier molecular flexibility index (Phi) is 3.71. The summed E-state index contributed by atoms with van der Waals surface area (Å²) in [6, 6.07) is 5.86. The normalized spacial score (nSPS) is 10.2. The highest BCUT2D eigenvalue weighted by Gasteiger charge is 2.03. The van der Waals surface area contributed by atoms with Gasteiger partial charge in [-0.15, -0.1) is 11.3 Å². The lowest BCUT2D eigenvalue weighted by Gasteiger charge is -2.01. The maximum Gasteiger partial charge on any atom is 0.225 e. The van der Waals surface area contributed by atoms with Gasteiger partial charge in [-0.25, -0.2) is 0 Å². The number of nitrogens with zero attached hydrogens (tertiary/aromatic N) is 1. The number of H-pyrrole nitrogens is 1.